The SMILES string of the molecule is CCn1ncc(Cl)c1CNC(=O)c1cccc(COCC(F)(F)C(F)F)c1. The van der Waals surface area contributed by atoms with Crippen molar-refractivity contribution in [3.05, 3.63) is 52.3 Å². The molecule has 10 heteroatoms. The molecule has 0 saturated carbocycles. The summed E-state index contributed by atoms with van der Waals surface area (Å²) in [5.74, 6) is -4.62. The largest absolute Gasteiger partial charge is 0.370 e. The second-order valence-electron chi connectivity index (χ2n) is 5.69. The molecular weight excluding hydrogens is 390 g/mol. The topological polar surface area (TPSA) is 56.2 Å². The van der Waals surface area contributed by atoms with Crippen molar-refractivity contribution in [1.29, 1.82) is 0 Å². The first-order chi connectivity index (χ1) is 12.7. The molecule has 0 bridgehead atoms. The molecule has 1 heterocycles. The number of halogens is 5. The Kier molecular flexibility index (Phi) is 7.20. The van der Waals surface area contributed by atoms with Crippen molar-refractivity contribution < 1.29 is 27.1 Å². The third kappa shape index (κ3) is 5.67. The Balaban J connectivity index is 1.94. The number of amides is 1. The van der Waals surface area contributed by atoms with E-state index in [9.17, 15) is 22.4 Å². The number of alkyl halides is 4. The Morgan fingerprint density at radius 1 is 1.41 bits per heavy atom. The molecule has 2 rings (SSSR count). The molecule has 1 aromatic carbocycles. The first kappa shape index (κ1) is 21.2. The monoisotopic (exact) mass is 407 g/mol. The normalized spacial score (nSPS) is 11.8. The molecule has 0 unspecified atom stereocenters. The zero-order valence-electron chi connectivity index (χ0n) is 14.4. The van der Waals surface area contributed by atoms with E-state index in [1.807, 2.05) is 6.92 Å². The van der Waals surface area contributed by atoms with Gasteiger partial charge in [0.05, 0.1) is 30.1 Å². The van der Waals surface area contributed by atoms with Crippen LogP contribution in [0.2, 0.25) is 5.02 Å². The summed E-state index contributed by atoms with van der Waals surface area (Å²) in [6.45, 7) is 0.912. The van der Waals surface area contributed by atoms with E-state index in [2.05, 4.69) is 15.2 Å². The van der Waals surface area contributed by atoms with Gasteiger partial charge in [-0.3, -0.25) is 9.48 Å². The molecule has 1 N–H and O–H groups in total. The fourth-order valence-corrected chi connectivity index (χ4v) is 2.48. The van der Waals surface area contributed by atoms with Crippen LogP contribution in [0.3, 0.4) is 0 Å². The molecule has 0 fully saturated rings. The number of ether oxygens (including phenoxy) is 1. The van der Waals surface area contributed by atoms with Gasteiger partial charge in [0.25, 0.3) is 5.91 Å². The van der Waals surface area contributed by atoms with Gasteiger partial charge in [0.1, 0.15) is 6.61 Å². The molecule has 0 saturated heterocycles. The predicted molar refractivity (Wildman–Crippen MR) is 91.1 cm³/mol. The Morgan fingerprint density at radius 3 is 2.81 bits per heavy atom. The summed E-state index contributed by atoms with van der Waals surface area (Å²) < 4.78 is 56.1. The van der Waals surface area contributed by atoms with Crippen LogP contribution in [0.1, 0.15) is 28.5 Å². The maximum Gasteiger partial charge on any atom is 0.330 e. The lowest BCUT2D eigenvalue weighted by Gasteiger charge is -2.15. The number of aromatic nitrogens is 2. The number of carbonyl (C=O) groups excluding carboxylic acids is 1. The number of carbonyl (C=O) groups is 1. The van der Waals surface area contributed by atoms with E-state index in [1.165, 1.54) is 18.3 Å². The average molecular weight is 408 g/mol. The standard InChI is InChI=1S/C17H18ClF4N3O2/c1-2-25-14(13(18)7-24-25)8-23-15(26)12-5-3-4-11(6-12)9-27-10-17(21,22)16(19)20/h3-7,16H,2,8-10H2,1H3,(H,23,26). The van der Waals surface area contributed by atoms with Gasteiger partial charge in [0.15, 0.2) is 0 Å². The van der Waals surface area contributed by atoms with Crippen molar-refractivity contribution in [1.82, 2.24) is 15.1 Å². The number of aryl methyl sites for hydroxylation is 1. The highest BCUT2D eigenvalue weighted by atomic mass is 35.5. The number of rotatable bonds is 9. The summed E-state index contributed by atoms with van der Waals surface area (Å²) in [5, 5.41) is 7.19. The van der Waals surface area contributed by atoms with Crippen molar-refractivity contribution in [2.24, 2.45) is 0 Å². The van der Waals surface area contributed by atoms with Crippen molar-refractivity contribution in [2.75, 3.05) is 6.61 Å². The molecule has 0 aliphatic heterocycles. The smallest absolute Gasteiger partial charge is 0.330 e. The van der Waals surface area contributed by atoms with Gasteiger partial charge in [-0.05, 0) is 24.6 Å². The van der Waals surface area contributed by atoms with E-state index in [0.717, 1.165) is 0 Å². The van der Waals surface area contributed by atoms with Crippen LogP contribution in [-0.2, 0) is 24.4 Å². The van der Waals surface area contributed by atoms with Gasteiger partial charge in [0, 0.05) is 12.1 Å². The highest BCUT2D eigenvalue weighted by molar-refractivity contribution is 6.31. The number of hydrogen-bond acceptors (Lipinski definition) is 3. The van der Waals surface area contributed by atoms with Gasteiger partial charge in [-0.2, -0.15) is 13.9 Å². The second-order valence-corrected chi connectivity index (χ2v) is 6.10. The maximum absolute atomic E-state index is 12.8. The van der Waals surface area contributed by atoms with Gasteiger partial charge in [-0.1, -0.05) is 23.7 Å². The van der Waals surface area contributed by atoms with Crippen LogP contribution in [0.25, 0.3) is 0 Å². The van der Waals surface area contributed by atoms with Crippen LogP contribution < -0.4 is 5.32 Å². The molecule has 0 atom stereocenters. The molecule has 1 aromatic heterocycles. The summed E-state index contributed by atoms with van der Waals surface area (Å²) >= 11 is 6.03. The maximum atomic E-state index is 12.8. The molecule has 0 spiro atoms. The molecule has 0 aliphatic rings. The Morgan fingerprint density at radius 2 is 2.15 bits per heavy atom. The lowest BCUT2D eigenvalue weighted by molar-refractivity contribution is -0.168. The van der Waals surface area contributed by atoms with Gasteiger partial charge in [0.2, 0.25) is 0 Å². The van der Waals surface area contributed by atoms with Crippen LogP contribution in [0.15, 0.2) is 30.5 Å². The molecule has 27 heavy (non-hydrogen) atoms. The van der Waals surface area contributed by atoms with Crippen LogP contribution >= 0.6 is 11.6 Å². The van der Waals surface area contributed by atoms with E-state index >= 15 is 0 Å². The highest BCUT2D eigenvalue weighted by Crippen LogP contribution is 2.23. The summed E-state index contributed by atoms with van der Waals surface area (Å²) in [6, 6.07) is 6.06. The summed E-state index contributed by atoms with van der Waals surface area (Å²) in [7, 11) is 0. The predicted octanol–water partition coefficient (Wildman–Crippen LogP) is 3.90. The number of hydrogen-bond donors (Lipinski definition) is 1. The van der Waals surface area contributed by atoms with E-state index < -0.39 is 24.9 Å². The molecule has 0 aliphatic carbocycles. The van der Waals surface area contributed by atoms with Crippen LogP contribution in [0.4, 0.5) is 17.6 Å². The first-order valence-electron chi connectivity index (χ1n) is 8.05. The lowest BCUT2D eigenvalue weighted by Crippen LogP contribution is -2.32. The zero-order chi connectivity index (χ0) is 20.0. The third-order valence-electron chi connectivity index (χ3n) is 3.69. The Bertz CT molecular complexity index is 783. The van der Waals surface area contributed by atoms with Crippen molar-refractivity contribution in [3.63, 3.8) is 0 Å². The van der Waals surface area contributed by atoms with Crippen molar-refractivity contribution in [3.8, 4) is 0 Å². The average Bonchev–Trinajstić information content (AvgIpc) is 2.99. The number of nitrogens with one attached hydrogen (secondary N) is 1. The number of benzene rings is 1. The van der Waals surface area contributed by atoms with E-state index in [0.29, 0.717) is 22.8 Å². The van der Waals surface area contributed by atoms with E-state index in [-0.39, 0.29) is 18.7 Å². The summed E-state index contributed by atoms with van der Waals surface area (Å²) in [4.78, 5) is 12.3. The minimum absolute atomic E-state index is 0.160. The zero-order valence-corrected chi connectivity index (χ0v) is 15.1. The van der Waals surface area contributed by atoms with E-state index in [4.69, 9.17) is 11.6 Å². The molecule has 1 amide bonds. The fraction of sp³-hybridized carbons (Fsp3) is 0.412. The highest BCUT2D eigenvalue weighted by Gasteiger charge is 2.40. The Labute approximate surface area is 158 Å². The van der Waals surface area contributed by atoms with Gasteiger partial charge >= 0.3 is 12.3 Å². The fourth-order valence-electron chi connectivity index (χ4n) is 2.27. The third-order valence-corrected chi connectivity index (χ3v) is 4.00. The minimum Gasteiger partial charge on any atom is -0.370 e. The van der Waals surface area contributed by atoms with Crippen molar-refractivity contribution >= 4 is 17.5 Å². The van der Waals surface area contributed by atoms with Gasteiger partial charge in [-0.15, -0.1) is 0 Å². The first-order valence-corrected chi connectivity index (χ1v) is 8.43. The number of nitrogens with zero attached hydrogens (tertiary/aromatic N) is 2. The summed E-state index contributed by atoms with van der Waals surface area (Å²) in [5.41, 5.74) is 1.33. The quantitative estimate of drug-likeness (QED) is 0.641. The molecule has 148 valence electrons. The van der Waals surface area contributed by atoms with Crippen LogP contribution in [0.5, 0.6) is 0 Å². The molecule has 2 aromatic rings. The lowest BCUT2D eigenvalue weighted by atomic mass is 10.1. The van der Waals surface area contributed by atoms with Crippen molar-refractivity contribution in [2.45, 2.75) is 39.0 Å². The van der Waals surface area contributed by atoms with Crippen LogP contribution in [-0.4, -0.2) is 34.6 Å². The summed E-state index contributed by atoms with van der Waals surface area (Å²) in [6.07, 6.45) is -2.31. The molecule has 5 nitrogen and oxygen atoms in total. The second kappa shape index (κ2) is 9.18. The molecule has 0 radical (unpaired) electrons. The van der Waals surface area contributed by atoms with Crippen LogP contribution in [0, 0.1) is 0 Å². The van der Waals surface area contributed by atoms with Gasteiger partial charge < -0.3 is 10.1 Å². The minimum atomic E-state index is -4.21. The van der Waals surface area contributed by atoms with Gasteiger partial charge in [-0.25, -0.2) is 8.78 Å². The van der Waals surface area contributed by atoms with E-state index in [1.54, 1.807) is 16.8 Å². The molecular formula is C17H18ClF4N3O2. The Hall–Kier alpha value is -2.13.